The maximum Gasteiger partial charge on any atom is 0.134 e. The van der Waals surface area contributed by atoms with E-state index < -0.39 is 0 Å². The van der Waals surface area contributed by atoms with Gasteiger partial charge in [0.05, 0.1) is 12.0 Å². The third-order valence-electron chi connectivity index (χ3n) is 4.28. The number of benzene rings is 2. The Morgan fingerprint density at radius 3 is 2.62 bits per heavy atom. The Morgan fingerprint density at radius 2 is 1.88 bits per heavy atom. The Balaban J connectivity index is 1.79. The van der Waals surface area contributed by atoms with Gasteiger partial charge in [0.2, 0.25) is 0 Å². The largest absolute Gasteiger partial charge is 0.461 e. The Morgan fingerprint density at radius 1 is 1.08 bits per heavy atom. The van der Waals surface area contributed by atoms with Crippen molar-refractivity contribution in [3.63, 3.8) is 0 Å². The zero-order valence-electron chi connectivity index (χ0n) is 14.6. The molecular weight excluding hydrogens is 296 g/mol. The van der Waals surface area contributed by atoms with Crippen LogP contribution < -0.4 is 0 Å². The van der Waals surface area contributed by atoms with Crippen LogP contribution in [-0.2, 0) is 12.8 Å². The van der Waals surface area contributed by atoms with E-state index in [1.165, 1.54) is 5.56 Å². The molecule has 3 nitrogen and oxygen atoms in total. The fraction of sp³-hybridized carbons (Fsp3) is 0.286. The molecule has 0 amide bonds. The number of aryl methyl sites for hydroxylation is 3. The Hall–Kier alpha value is -2.55. The fourth-order valence-corrected chi connectivity index (χ4v) is 2.65. The minimum Gasteiger partial charge on any atom is -0.461 e. The molecule has 0 saturated carbocycles. The van der Waals surface area contributed by atoms with Gasteiger partial charge in [-0.25, -0.2) is 4.99 Å². The Bertz CT molecular complexity index is 834. The SMILES string of the molecule is CCN(C)/C=N/c1cc2cc(CCc3ccccc3)oc2cc1C. The number of fused-ring (bicyclic) bond motifs is 1. The molecule has 0 radical (unpaired) electrons. The summed E-state index contributed by atoms with van der Waals surface area (Å²) in [5, 5.41) is 1.12. The lowest BCUT2D eigenvalue weighted by atomic mass is 10.1. The zero-order valence-corrected chi connectivity index (χ0v) is 14.6. The molecule has 0 atom stereocenters. The minimum absolute atomic E-state index is 0.912. The maximum absolute atomic E-state index is 6.01. The molecule has 0 fully saturated rings. The summed E-state index contributed by atoms with van der Waals surface area (Å²) in [6, 6.07) is 16.9. The van der Waals surface area contributed by atoms with Crippen molar-refractivity contribution in [2.75, 3.05) is 13.6 Å². The number of hydrogen-bond donors (Lipinski definition) is 0. The zero-order chi connectivity index (χ0) is 16.9. The summed E-state index contributed by atoms with van der Waals surface area (Å²) in [4.78, 5) is 6.65. The normalized spacial score (nSPS) is 11.5. The van der Waals surface area contributed by atoms with Gasteiger partial charge in [-0.05, 0) is 49.6 Å². The smallest absolute Gasteiger partial charge is 0.134 e. The predicted octanol–water partition coefficient (Wildman–Crippen LogP) is 5.14. The van der Waals surface area contributed by atoms with Gasteiger partial charge in [0.25, 0.3) is 0 Å². The minimum atomic E-state index is 0.912. The van der Waals surface area contributed by atoms with Gasteiger partial charge in [-0.1, -0.05) is 30.3 Å². The Labute approximate surface area is 143 Å². The molecule has 0 aliphatic rings. The van der Waals surface area contributed by atoms with Gasteiger partial charge >= 0.3 is 0 Å². The van der Waals surface area contributed by atoms with Gasteiger partial charge < -0.3 is 9.32 Å². The molecular formula is C21H24N2O. The molecule has 1 heterocycles. The van der Waals surface area contributed by atoms with E-state index in [1.807, 2.05) is 19.5 Å². The van der Waals surface area contributed by atoms with Gasteiger partial charge in [0.15, 0.2) is 0 Å². The second kappa shape index (κ2) is 7.35. The van der Waals surface area contributed by atoms with Crippen molar-refractivity contribution in [2.45, 2.75) is 26.7 Å². The lowest BCUT2D eigenvalue weighted by Gasteiger charge is -2.08. The first-order valence-electron chi connectivity index (χ1n) is 8.47. The number of furan rings is 1. The standard InChI is InChI=1S/C21H24N2O/c1-4-23(3)15-22-20-14-18-13-19(24-21(18)12-16(20)2)11-10-17-8-6-5-7-9-17/h5-9,12-15H,4,10-11H2,1-3H3/b22-15+. The summed E-state index contributed by atoms with van der Waals surface area (Å²) in [5.74, 6) is 1.03. The molecule has 3 heteroatoms. The van der Waals surface area contributed by atoms with Gasteiger partial charge in [-0.3, -0.25) is 0 Å². The lowest BCUT2D eigenvalue weighted by Crippen LogP contribution is -2.14. The van der Waals surface area contributed by atoms with Crippen molar-refractivity contribution >= 4 is 23.0 Å². The van der Waals surface area contributed by atoms with E-state index in [0.29, 0.717) is 0 Å². The van der Waals surface area contributed by atoms with E-state index in [1.54, 1.807) is 0 Å². The highest BCUT2D eigenvalue weighted by Gasteiger charge is 2.07. The highest BCUT2D eigenvalue weighted by atomic mass is 16.3. The number of aliphatic imine (C=N–C) groups is 1. The van der Waals surface area contributed by atoms with Crippen LogP contribution in [0.3, 0.4) is 0 Å². The summed E-state index contributed by atoms with van der Waals surface area (Å²) in [6.45, 7) is 5.13. The first kappa shape index (κ1) is 16.3. The highest BCUT2D eigenvalue weighted by Crippen LogP contribution is 2.28. The van der Waals surface area contributed by atoms with Crippen molar-refractivity contribution in [2.24, 2.45) is 4.99 Å². The summed E-state index contributed by atoms with van der Waals surface area (Å²) in [6.07, 6.45) is 3.78. The number of hydrogen-bond acceptors (Lipinski definition) is 2. The van der Waals surface area contributed by atoms with Crippen molar-refractivity contribution in [3.05, 3.63) is 65.4 Å². The van der Waals surface area contributed by atoms with Crippen molar-refractivity contribution in [1.82, 2.24) is 4.90 Å². The third-order valence-corrected chi connectivity index (χ3v) is 4.28. The molecule has 124 valence electrons. The molecule has 0 aliphatic carbocycles. The fourth-order valence-electron chi connectivity index (χ4n) is 2.65. The van der Waals surface area contributed by atoms with Crippen molar-refractivity contribution in [1.29, 1.82) is 0 Å². The first-order chi connectivity index (χ1) is 11.7. The average molecular weight is 320 g/mol. The highest BCUT2D eigenvalue weighted by molar-refractivity contribution is 5.83. The van der Waals surface area contributed by atoms with Crippen LogP contribution in [-0.4, -0.2) is 24.8 Å². The summed E-state index contributed by atoms with van der Waals surface area (Å²) < 4.78 is 6.01. The van der Waals surface area contributed by atoms with E-state index in [-0.39, 0.29) is 0 Å². The molecule has 3 aromatic rings. The van der Waals surface area contributed by atoms with Gasteiger partial charge in [-0.2, -0.15) is 0 Å². The molecule has 24 heavy (non-hydrogen) atoms. The topological polar surface area (TPSA) is 28.7 Å². The van der Waals surface area contributed by atoms with Crippen LogP contribution in [0.2, 0.25) is 0 Å². The van der Waals surface area contributed by atoms with E-state index in [2.05, 4.69) is 66.2 Å². The van der Waals surface area contributed by atoms with Gasteiger partial charge in [0, 0.05) is 25.4 Å². The summed E-state index contributed by atoms with van der Waals surface area (Å²) in [7, 11) is 2.02. The number of rotatable bonds is 6. The second-order valence-corrected chi connectivity index (χ2v) is 6.19. The first-order valence-corrected chi connectivity index (χ1v) is 8.47. The number of nitrogens with zero attached hydrogens (tertiary/aromatic N) is 2. The van der Waals surface area contributed by atoms with Crippen LogP contribution in [0.25, 0.3) is 11.0 Å². The van der Waals surface area contributed by atoms with Gasteiger partial charge in [0.1, 0.15) is 11.3 Å². The molecule has 0 spiro atoms. The Kier molecular flexibility index (Phi) is 4.99. The van der Waals surface area contributed by atoms with Crippen LogP contribution >= 0.6 is 0 Å². The van der Waals surface area contributed by atoms with Gasteiger partial charge in [-0.15, -0.1) is 0 Å². The van der Waals surface area contributed by atoms with Crippen LogP contribution in [0.1, 0.15) is 23.8 Å². The van der Waals surface area contributed by atoms with E-state index >= 15 is 0 Å². The average Bonchev–Trinajstić information content (AvgIpc) is 3.00. The predicted molar refractivity (Wildman–Crippen MR) is 101 cm³/mol. The summed E-state index contributed by atoms with van der Waals surface area (Å²) >= 11 is 0. The quantitative estimate of drug-likeness (QED) is 0.465. The van der Waals surface area contributed by atoms with Crippen LogP contribution in [0.5, 0.6) is 0 Å². The molecule has 0 unspecified atom stereocenters. The van der Waals surface area contributed by atoms with E-state index in [0.717, 1.165) is 47.4 Å². The third kappa shape index (κ3) is 3.85. The van der Waals surface area contributed by atoms with E-state index in [9.17, 15) is 0 Å². The van der Waals surface area contributed by atoms with Crippen LogP contribution in [0.4, 0.5) is 5.69 Å². The molecule has 0 bridgehead atoms. The molecule has 1 aromatic heterocycles. The molecule has 0 N–H and O–H groups in total. The second-order valence-electron chi connectivity index (χ2n) is 6.19. The maximum atomic E-state index is 6.01. The lowest BCUT2D eigenvalue weighted by molar-refractivity contribution is 0.547. The summed E-state index contributed by atoms with van der Waals surface area (Å²) in [5.41, 5.74) is 4.41. The molecule has 0 saturated heterocycles. The van der Waals surface area contributed by atoms with Crippen molar-refractivity contribution in [3.8, 4) is 0 Å². The van der Waals surface area contributed by atoms with Crippen LogP contribution in [0, 0.1) is 6.92 Å². The molecule has 3 rings (SSSR count). The monoisotopic (exact) mass is 320 g/mol. The van der Waals surface area contributed by atoms with Crippen molar-refractivity contribution < 1.29 is 4.42 Å². The van der Waals surface area contributed by atoms with Crippen LogP contribution in [0.15, 0.2) is 57.9 Å². The van der Waals surface area contributed by atoms with E-state index in [4.69, 9.17) is 4.42 Å². The molecule has 0 aliphatic heterocycles. The molecule has 2 aromatic carbocycles.